The summed E-state index contributed by atoms with van der Waals surface area (Å²) in [7, 11) is 0. The summed E-state index contributed by atoms with van der Waals surface area (Å²) in [5.41, 5.74) is 0.423. The summed E-state index contributed by atoms with van der Waals surface area (Å²) in [6.45, 7) is 2.06. The molecule has 6 nitrogen and oxygen atoms in total. The maximum Gasteiger partial charge on any atom is 0.321 e. The van der Waals surface area contributed by atoms with Gasteiger partial charge < -0.3 is 10.1 Å². The molecule has 3 rings (SSSR count). The number of amides is 2. The molecule has 1 aliphatic heterocycles. The van der Waals surface area contributed by atoms with Crippen molar-refractivity contribution in [2.45, 2.75) is 12.8 Å². The zero-order valence-electron chi connectivity index (χ0n) is 12.3. The molecular weight excluding hydrogens is 367 g/mol. The molecule has 23 heavy (non-hydrogen) atoms. The first kappa shape index (κ1) is 16.1. The summed E-state index contributed by atoms with van der Waals surface area (Å²) in [5, 5.41) is 5.68. The van der Waals surface area contributed by atoms with Crippen LogP contribution in [0.4, 0.5) is 15.1 Å². The van der Waals surface area contributed by atoms with Gasteiger partial charge >= 0.3 is 6.03 Å². The van der Waals surface area contributed by atoms with Crippen LogP contribution in [0, 0.1) is 11.7 Å². The Bertz CT molecular complexity index is 722. The number of carbonyl (C=O) groups is 1. The minimum absolute atomic E-state index is 0.138. The number of nitrogens with one attached hydrogen (secondary N) is 2. The predicted octanol–water partition coefficient (Wildman–Crippen LogP) is 3.08. The van der Waals surface area contributed by atoms with E-state index in [9.17, 15) is 9.18 Å². The van der Waals surface area contributed by atoms with Crippen molar-refractivity contribution < 1.29 is 13.9 Å². The Balaban J connectivity index is 1.62. The van der Waals surface area contributed by atoms with Crippen molar-refractivity contribution in [3.8, 4) is 0 Å². The monoisotopic (exact) mass is 382 g/mol. The second-order valence-electron chi connectivity index (χ2n) is 5.40. The van der Waals surface area contributed by atoms with Crippen LogP contribution in [0.2, 0.25) is 0 Å². The lowest BCUT2D eigenvalue weighted by molar-refractivity contribution is 0.0671. The molecule has 2 heterocycles. The Kier molecular flexibility index (Phi) is 5.02. The lowest BCUT2D eigenvalue weighted by Gasteiger charge is -2.22. The van der Waals surface area contributed by atoms with Crippen LogP contribution in [0.15, 0.2) is 22.8 Å². The van der Waals surface area contributed by atoms with E-state index in [0.29, 0.717) is 27.8 Å². The molecule has 2 amide bonds. The highest BCUT2D eigenvalue weighted by Gasteiger charge is 2.15. The Morgan fingerprint density at radius 3 is 2.96 bits per heavy atom. The molecule has 0 spiro atoms. The molecule has 0 unspecified atom stereocenters. The van der Waals surface area contributed by atoms with Crippen molar-refractivity contribution in [1.82, 2.24) is 15.3 Å². The molecule has 0 aliphatic carbocycles. The summed E-state index contributed by atoms with van der Waals surface area (Å²) >= 11 is 3.22. The lowest BCUT2D eigenvalue weighted by Crippen LogP contribution is -2.35. The first-order valence-electron chi connectivity index (χ1n) is 7.36. The highest BCUT2D eigenvalue weighted by molar-refractivity contribution is 9.10. The van der Waals surface area contributed by atoms with Crippen LogP contribution in [0.25, 0.3) is 10.9 Å². The zero-order valence-corrected chi connectivity index (χ0v) is 13.9. The number of hydrogen-bond acceptors (Lipinski definition) is 4. The predicted molar refractivity (Wildman–Crippen MR) is 87.8 cm³/mol. The van der Waals surface area contributed by atoms with Gasteiger partial charge in [0.1, 0.15) is 5.82 Å². The summed E-state index contributed by atoms with van der Waals surface area (Å²) in [5.74, 6) is 0.154. The van der Waals surface area contributed by atoms with E-state index in [1.807, 2.05) is 0 Å². The third kappa shape index (κ3) is 4.14. The number of carbonyl (C=O) groups excluding carboxylic acids is 1. The smallest absolute Gasteiger partial charge is 0.321 e. The molecule has 8 heteroatoms. The minimum atomic E-state index is -0.412. The normalized spacial score (nSPS) is 15.6. The van der Waals surface area contributed by atoms with Crippen molar-refractivity contribution in [3.63, 3.8) is 0 Å². The van der Waals surface area contributed by atoms with E-state index in [1.165, 1.54) is 12.3 Å². The van der Waals surface area contributed by atoms with Crippen LogP contribution in [-0.2, 0) is 4.74 Å². The number of benzene rings is 1. The molecule has 1 saturated heterocycles. The van der Waals surface area contributed by atoms with Gasteiger partial charge in [0.2, 0.25) is 5.95 Å². The fraction of sp³-hybridized carbons (Fsp3) is 0.400. The Morgan fingerprint density at radius 1 is 1.39 bits per heavy atom. The van der Waals surface area contributed by atoms with E-state index in [1.54, 1.807) is 6.07 Å². The average Bonchev–Trinajstić information content (AvgIpc) is 2.53. The molecule has 0 radical (unpaired) electrons. The van der Waals surface area contributed by atoms with Gasteiger partial charge in [0, 0.05) is 30.4 Å². The number of anilines is 1. The van der Waals surface area contributed by atoms with Gasteiger partial charge in [-0.1, -0.05) is 15.9 Å². The maximum absolute atomic E-state index is 13.7. The number of aromatic nitrogens is 2. The third-order valence-electron chi connectivity index (χ3n) is 3.73. The second-order valence-corrected chi connectivity index (χ2v) is 6.32. The van der Waals surface area contributed by atoms with E-state index in [-0.39, 0.29) is 12.0 Å². The molecule has 0 saturated carbocycles. The summed E-state index contributed by atoms with van der Waals surface area (Å²) < 4.78 is 19.6. The number of hydrogen-bond donors (Lipinski definition) is 2. The number of ether oxygens (including phenoxy) is 1. The number of urea groups is 1. The third-order valence-corrected chi connectivity index (χ3v) is 4.19. The van der Waals surface area contributed by atoms with Crippen LogP contribution in [0.3, 0.4) is 0 Å². The lowest BCUT2D eigenvalue weighted by atomic mass is 10.0. The topological polar surface area (TPSA) is 76.1 Å². The van der Waals surface area contributed by atoms with Gasteiger partial charge in [-0.25, -0.2) is 19.2 Å². The van der Waals surface area contributed by atoms with Crippen molar-refractivity contribution in [1.29, 1.82) is 0 Å². The molecular formula is C15H16BrFN4O2. The number of nitrogens with zero attached hydrogens (tertiary/aromatic N) is 2. The number of rotatable bonds is 3. The minimum Gasteiger partial charge on any atom is -0.381 e. The van der Waals surface area contributed by atoms with Crippen molar-refractivity contribution in [2.24, 2.45) is 5.92 Å². The quantitative estimate of drug-likeness (QED) is 0.854. The van der Waals surface area contributed by atoms with Gasteiger partial charge in [-0.05, 0) is 30.9 Å². The van der Waals surface area contributed by atoms with Gasteiger partial charge in [0.25, 0.3) is 0 Å². The number of halogens is 2. The van der Waals surface area contributed by atoms with Crippen molar-refractivity contribution >= 4 is 38.8 Å². The average molecular weight is 383 g/mol. The van der Waals surface area contributed by atoms with Crippen molar-refractivity contribution in [3.05, 3.63) is 28.6 Å². The van der Waals surface area contributed by atoms with E-state index in [0.717, 1.165) is 26.1 Å². The Morgan fingerprint density at radius 2 is 2.17 bits per heavy atom. The molecule has 1 aromatic heterocycles. The molecule has 1 fully saturated rings. The standard InChI is InChI=1S/C15H16BrFN4O2/c16-10-5-12(17)11-8-18-14(20-13(11)6-10)21-15(22)19-7-9-1-3-23-4-2-9/h5-6,8-9H,1-4,7H2,(H2,18,19,20,21,22). The van der Waals surface area contributed by atoms with Crippen LogP contribution in [0.1, 0.15) is 12.8 Å². The fourth-order valence-electron chi connectivity index (χ4n) is 2.45. The van der Waals surface area contributed by atoms with E-state index < -0.39 is 5.82 Å². The Hall–Kier alpha value is -1.80. The molecule has 0 bridgehead atoms. The van der Waals surface area contributed by atoms with E-state index in [4.69, 9.17) is 4.74 Å². The Labute approximate surface area is 141 Å². The summed E-state index contributed by atoms with van der Waals surface area (Å²) in [6.07, 6.45) is 3.25. The van der Waals surface area contributed by atoms with Gasteiger partial charge in [-0.15, -0.1) is 0 Å². The van der Waals surface area contributed by atoms with Gasteiger partial charge in [-0.3, -0.25) is 5.32 Å². The largest absolute Gasteiger partial charge is 0.381 e. The first-order chi connectivity index (χ1) is 11.1. The van der Waals surface area contributed by atoms with Gasteiger partial charge in [0.15, 0.2) is 0 Å². The van der Waals surface area contributed by atoms with Crippen molar-refractivity contribution in [2.75, 3.05) is 25.1 Å². The highest BCUT2D eigenvalue weighted by Crippen LogP contribution is 2.22. The van der Waals surface area contributed by atoms with Crippen LogP contribution in [0.5, 0.6) is 0 Å². The van der Waals surface area contributed by atoms with Gasteiger partial charge in [0.05, 0.1) is 10.9 Å². The SMILES string of the molecule is O=C(NCC1CCOCC1)Nc1ncc2c(F)cc(Br)cc2n1. The second kappa shape index (κ2) is 7.18. The molecule has 2 N–H and O–H groups in total. The molecule has 1 aromatic carbocycles. The van der Waals surface area contributed by atoms with Gasteiger partial charge in [-0.2, -0.15) is 0 Å². The highest BCUT2D eigenvalue weighted by atomic mass is 79.9. The van der Waals surface area contributed by atoms with Crippen LogP contribution in [-0.4, -0.2) is 35.8 Å². The first-order valence-corrected chi connectivity index (χ1v) is 8.15. The van der Waals surface area contributed by atoms with E-state index in [2.05, 4.69) is 36.5 Å². The van der Waals surface area contributed by atoms with E-state index >= 15 is 0 Å². The zero-order chi connectivity index (χ0) is 16.2. The summed E-state index contributed by atoms with van der Waals surface area (Å²) in [4.78, 5) is 20.0. The fourth-order valence-corrected chi connectivity index (χ4v) is 2.87. The number of fused-ring (bicyclic) bond motifs is 1. The molecule has 0 atom stereocenters. The summed E-state index contributed by atoms with van der Waals surface area (Å²) in [6, 6.07) is 2.65. The van der Waals surface area contributed by atoms with Crippen LogP contribution < -0.4 is 10.6 Å². The maximum atomic E-state index is 13.7. The van der Waals surface area contributed by atoms with Crippen LogP contribution >= 0.6 is 15.9 Å². The molecule has 1 aliphatic rings. The molecule has 122 valence electrons. The molecule has 2 aromatic rings.